The third kappa shape index (κ3) is 6.73. The van der Waals surface area contributed by atoms with Crippen molar-refractivity contribution in [1.29, 1.82) is 0 Å². The van der Waals surface area contributed by atoms with Crippen LogP contribution in [-0.2, 0) is 23.8 Å². The number of benzene rings is 1. The molecule has 0 aromatic heterocycles. The van der Waals surface area contributed by atoms with Crippen LogP contribution in [0.1, 0.15) is 25.0 Å². The van der Waals surface area contributed by atoms with Crippen molar-refractivity contribution >= 4 is 34.1 Å². The highest BCUT2D eigenvalue weighted by atomic mass is 79.9. The molecule has 1 heterocycles. The molecule has 14 heteroatoms. The van der Waals surface area contributed by atoms with Crippen molar-refractivity contribution in [3.05, 3.63) is 43.4 Å². The molecule has 1 aromatic rings. The van der Waals surface area contributed by atoms with Gasteiger partial charge in [-0.2, -0.15) is 13.2 Å². The molecule has 0 fully saturated rings. The van der Waals surface area contributed by atoms with E-state index in [1.54, 1.807) is 13.0 Å². The Bertz CT molecular complexity index is 935. The van der Waals surface area contributed by atoms with Gasteiger partial charge in [-0.15, -0.1) is 10.1 Å². The zero-order valence-electron chi connectivity index (χ0n) is 16.8. The summed E-state index contributed by atoms with van der Waals surface area (Å²) in [6, 6.07) is 3.02. The molecule has 1 aliphatic heterocycles. The van der Waals surface area contributed by atoms with Gasteiger partial charge in [0.15, 0.2) is 0 Å². The van der Waals surface area contributed by atoms with Crippen LogP contribution in [0.4, 0.5) is 18.0 Å². The highest BCUT2D eigenvalue weighted by molar-refractivity contribution is 9.10. The second-order valence-electron chi connectivity index (χ2n) is 6.57. The molecule has 0 saturated heterocycles. The molecule has 10 nitrogen and oxygen atoms in total. The summed E-state index contributed by atoms with van der Waals surface area (Å²) in [6.45, 7) is 3.30. The molecule has 0 saturated carbocycles. The third-order valence-electron chi connectivity index (χ3n) is 3.88. The molecule has 0 amide bonds. The number of rotatable bonds is 7. The van der Waals surface area contributed by atoms with E-state index in [0.29, 0.717) is 10.0 Å². The Balaban J connectivity index is 2.11. The van der Waals surface area contributed by atoms with Gasteiger partial charge in [-0.1, -0.05) is 15.9 Å². The van der Waals surface area contributed by atoms with Gasteiger partial charge in [0.25, 0.3) is 5.09 Å². The number of hydrogen-bond donors (Lipinski definition) is 0. The standard InChI is InChI=1S/C18H17BrF3NO9/c1-8-4-12(19)5-11-6-13(15(18(20,21)22)32-14(8)11)16(24)30-10(3)31-17(25)29-9(2)7-28-23(26)27/h4-6,9-10,15H,7H2,1-3H3. The van der Waals surface area contributed by atoms with Crippen molar-refractivity contribution in [2.45, 2.75) is 45.4 Å². The number of fused-ring (bicyclic) bond motifs is 1. The largest absolute Gasteiger partial charge is 0.511 e. The zero-order chi connectivity index (χ0) is 24.2. The molecule has 0 radical (unpaired) electrons. The summed E-state index contributed by atoms with van der Waals surface area (Å²) in [5, 5.41) is 9.01. The van der Waals surface area contributed by atoms with Crippen molar-refractivity contribution in [2.75, 3.05) is 6.61 Å². The summed E-state index contributed by atoms with van der Waals surface area (Å²) in [4.78, 5) is 38.2. The molecule has 1 aliphatic rings. The second kappa shape index (κ2) is 10.1. The number of carbonyl (C=O) groups excluding carboxylic acids is 2. The Morgan fingerprint density at radius 3 is 2.50 bits per heavy atom. The predicted molar refractivity (Wildman–Crippen MR) is 103 cm³/mol. The van der Waals surface area contributed by atoms with Gasteiger partial charge in [0.2, 0.25) is 12.4 Å². The molecule has 0 N–H and O–H groups in total. The van der Waals surface area contributed by atoms with Crippen molar-refractivity contribution in [1.82, 2.24) is 0 Å². The maximum absolute atomic E-state index is 13.5. The number of esters is 1. The average molecular weight is 528 g/mol. The number of alkyl halides is 3. The molecule has 1 aromatic carbocycles. The van der Waals surface area contributed by atoms with Gasteiger partial charge in [0.05, 0.1) is 5.57 Å². The van der Waals surface area contributed by atoms with E-state index in [1.807, 2.05) is 0 Å². The first kappa shape index (κ1) is 25.2. The highest BCUT2D eigenvalue weighted by Crippen LogP contribution is 2.40. The van der Waals surface area contributed by atoms with E-state index < -0.39 is 54.1 Å². The topological polar surface area (TPSA) is 123 Å². The Morgan fingerprint density at radius 1 is 1.25 bits per heavy atom. The van der Waals surface area contributed by atoms with E-state index in [4.69, 9.17) is 9.47 Å². The molecule has 0 bridgehead atoms. The lowest BCUT2D eigenvalue weighted by Gasteiger charge is -2.29. The lowest BCUT2D eigenvalue weighted by atomic mass is 9.99. The first-order valence-electron chi connectivity index (χ1n) is 8.88. The van der Waals surface area contributed by atoms with Crippen molar-refractivity contribution < 1.29 is 51.6 Å². The van der Waals surface area contributed by atoms with Crippen molar-refractivity contribution in [3.8, 4) is 5.75 Å². The van der Waals surface area contributed by atoms with Crippen LogP contribution in [0.2, 0.25) is 0 Å². The average Bonchev–Trinajstić information content (AvgIpc) is 2.64. The number of ether oxygens (including phenoxy) is 4. The lowest BCUT2D eigenvalue weighted by molar-refractivity contribution is -0.759. The molecule has 3 atom stereocenters. The van der Waals surface area contributed by atoms with Crippen LogP contribution in [0, 0.1) is 17.0 Å². The summed E-state index contributed by atoms with van der Waals surface area (Å²) in [5.74, 6) is -1.47. The Labute approximate surface area is 187 Å². The number of carbonyl (C=O) groups is 2. The Kier molecular flexibility index (Phi) is 7.93. The maximum atomic E-state index is 13.5. The summed E-state index contributed by atoms with van der Waals surface area (Å²) >= 11 is 3.22. The predicted octanol–water partition coefficient (Wildman–Crippen LogP) is 4.10. The zero-order valence-corrected chi connectivity index (χ0v) is 18.4. The minimum absolute atomic E-state index is 0.0362. The summed E-state index contributed by atoms with van der Waals surface area (Å²) in [7, 11) is 0. The van der Waals surface area contributed by atoms with E-state index >= 15 is 0 Å². The van der Waals surface area contributed by atoms with Crippen LogP contribution in [0.3, 0.4) is 0 Å². The smallest absolute Gasteiger partial charge is 0.475 e. The summed E-state index contributed by atoms with van der Waals surface area (Å²) in [6.07, 6.45) is -10.6. The molecule has 2 rings (SSSR count). The molecule has 0 aliphatic carbocycles. The van der Waals surface area contributed by atoms with Crippen LogP contribution in [0.15, 0.2) is 22.2 Å². The van der Waals surface area contributed by atoms with E-state index in [0.717, 1.165) is 13.0 Å². The maximum Gasteiger partial charge on any atom is 0.511 e. The van der Waals surface area contributed by atoms with Gasteiger partial charge in [0, 0.05) is 17.0 Å². The van der Waals surface area contributed by atoms with E-state index in [-0.39, 0.29) is 11.3 Å². The summed E-state index contributed by atoms with van der Waals surface area (Å²) < 4.78 is 60.3. The van der Waals surface area contributed by atoms with Crippen LogP contribution in [-0.4, -0.2) is 48.5 Å². The fraction of sp³-hybridized carbons (Fsp3) is 0.444. The first-order valence-corrected chi connectivity index (χ1v) is 9.68. The first-order chi connectivity index (χ1) is 14.8. The number of hydrogen-bond acceptors (Lipinski definition) is 9. The fourth-order valence-corrected chi connectivity index (χ4v) is 3.22. The third-order valence-corrected chi connectivity index (χ3v) is 4.34. The van der Waals surface area contributed by atoms with Crippen molar-refractivity contribution in [2.24, 2.45) is 0 Å². The normalized spacial score (nSPS) is 17.1. The Hall–Kier alpha value is -3.03. The van der Waals surface area contributed by atoms with Gasteiger partial charge in [-0.25, -0.2) is 9.59 Å². The summed E-state index contributed by atoms with van der Waals surface area (Å²) in [5.41, 5.74) is -0.210. The van der Waals surface area contributed by atoms with Crippen LogP contribution in [0.5, 0.6) is 5.75 Å². The monoisotopic (exact) mass is 527 g/mol. The van der Waals surface area contributed by atoms with E-state index in [9.17, 15) is 32.9 Å². The lowest BCUT2D eigenvalue weighted by Crippen LogP contribution is -2.41. The minimum Gasteiger partial charge on any atom is -0.475 e. The number of halogens is 4. The Morgan fingerprint density at radius 2 is 1.91 bits per heavy atom. The van der Waals surface area contributed by atoms with Crippen LogP contribution >= 0.6 is 15.9 Å². The fourth-order valence-electron chi connectivity index (χ4n) is 2.63. The highest BCUT2D eigenvalue weighted by Gasteiger charge is 2.49. The quantitative estimate of drug-likeness (QED) is 0.223. The van der Waals surface area contributed by atoms with Crippen LogP contribution in [0.25, 0.3) is 6.08 Å². The molecular formula is C18H17BrF3NO9. The van der Waals surface area contributed by atoms with Crippen LogP contribution < -0.4 is 4.74 Å². The van der Waals surface area contributed by atoms with Crippen molar-refractivity contribution in [3.63, 3.8) is 0 Å². The minimum atomic E-state index is -4.93. The SMILES string of the molecule is Cc1cc(Br)cc2c1OC(C(F)(F)F)C(C(=O)OC(C)OC(=O)OC(C)CO[N+](=O)[O-])=C2. The molecular weight excluding hydrogens is 511 g/mol. The number of nitrogens with zero attached hydrogens (tertiary/aromatic N) is 1. The van der Waals surface area contributed by atoms with E-state index in [1.165, 1.54) is 13.0 Å². The van der Waals surface area contributed by atoms with Gasteiger partial charge < -0.3 is 23.8 Å². The van der Waals surface area contributed by atoms with Gasteiger partial charge in [-0.05, 0) is 37.6 Å². The molecule has 3 unspecified atom stereocenters. The van der Waals surface area contributed by atoms with Gasteiger partial charge in [-0.3, -0.25) is 0 Å². The van der Waals surface area contributed by atoms with E-state index in [2.05, 4.69) is 30.2 Å². The second-order valence-corrected chi connectivity index (χ2v) is 7.48. The van der Waals surface area contributed by atoms with Gasteiger partial charge >= 0.3 is 18.3 Å². The molecule has 0 spiro atoms. The molecule has 32 heavy (non-hydrogen) atoms. The molecule has 176 valence electrons. The van der Waals surface area contributed by atoms with Gasteiger partial charge in [0.1, 0.15) is 18.5 Å². The number of aryl methyl sites for hydroxylation is 1.